The second kappa shape index (κ2) is 5.88. The van der Waals surface area contributed by atoms with Gasteiger partial charge in [0.15, 0.2) is 6.33 Å². The molecule has 0 radical (unpaired) electrons. The van der Waals surface area contributed by atoms with E-state index in [0.29, 0.717) is 28.3 Å². The fraction of sp³-hybridized carbons (Fsp3) is 0.308. The van der Waals surface area contributed by atoms with Crippen LogP contribution in [0, 0.1) is 9.39 Å². The monoisotopic (exact) mass is 420 g/mol. The number of halogens is 3. The Morgan fingerprint density at radius 1 is 1.48 bits per heavy atom. The third-order valence-corrected chi connectivity index (χ3v) is 4.15. The first kappa shape index (κ1) is 14.7. The van der Waals surface area contributed by atoms with Crippen molar-refractivity contribution in [2.45, 2.75) is 25.3 Å². The normalized spacial score (nSPS) is 13.0. The van der Waals surface area contributed by atoms with Crippen molar-refractivity contribution in [2.75, 3.05) is 0 Å². The summed E-state index contributed by atoms with van der Waals surface area (Å²) < 4.78 is 21.3. The van der Waals surface area contributed by atoms with Crippen molar-refractivity contribution in [3.8, 4) is 0 Å². The van der Waals surface area contributed by atoms with E-state index in [9.17, 15) is 4.39 Å². The number of aromatic nitrogens is 4. The van der Waals surface area contributed by atoms with Crippen molar-refractivity contribution in [2.24, 2.45) is 0 Å². The smallest absolute Gasteiger partial charge is 0.228 e. The van der Waals surface area contributed by atoms with Gasteiger partial charge in [-0.3, -0.25) is 0 Å². The minimum atomic E-state index is -0.277. The molecule has 5 nitrogen and oxygen atoms in total. The highest BCUT2D eigenvalue weighted by Gasteiger charge is 2.17. The van der Waals surface area contributed by atoms with E-state index in [1.807, 2.05) is 34.1 Å². The maximum Gasteiger partial charge on any atom is 0.228 e. The molecule has 0 aliphatic heterocycles. The van der Waals surface area contributed by atoms with E-state index in [2.05, 4.69) is 15.1 Å². The Morgan fingerprint density at radius 2 is 2.29 bits per heavy atom. The fourth-order valence-electron chi connectivity index (χ4n) is 2.19. The maximum atomic E-state index is 13.8. The van der Waals surface area contributed by atoms with Gasteiger partial charge in [0.25, 0.3) is 0 Å². The molecule has 0 saturated heterocycles. The zero-order valence-corrected chi connectivity index (χ0v) is 14.0. The van der Waals surface area contributed by atoms with E-state index < -0.39 is 0 Å². The van der Waals surface area contributed by atoms with Crippen LogP contribution in [0.15, 0.2) is 23.0 Å². The van der Waals surface area contributed by atoms with Gasteiger partial charge in [0.2, 0.25) is 5.89 Å². The van der Waals surface area contributed by atoms with Gasteiger partial charge in [0, 0.05) is 19.0 Å². The summed E-state index contributed by atoms with van der Waals surface area (Å²) in [6.45, 7) is 2.39. The Kier molecular flexibility index (Phi) is 4.12. The van der Waals surface area contributed by atoms with Gasteiger partial charge in [0.1, 0.15) is 11.6 Å². The van der Waals surface area contributed by atoms with Crippen molar-refractivity contribution in [3.63, 3.8) is 0 Å². The van der Waals surface area contributed by atoms with Gasteiger partial charge in [-0.25, -0.2) is 9.37 Å². The van der Waals surface area contributed by atoms with E-state index in [1.54, 1.807) is 6.07 Å². The number of imidazole rings is 1. The van der Waals surface area contributed by atoms with Crippen molar-refractivity contribution in [3.05, 3.63) is 39.6 Å². The molecular formula is C13H11ClFIN4O. The molecule has 0 N–H and O–H groups in total. The lowest BCUT2D eigenvalue weighted by atomic mass is 10.3. The Balaban J connectivity index is 2.04. The zero-order chi connectivity index (χ0) is 15.0. The van der Waals surface area contributed by atoms with Crippen LogP contribution in [0.4, 0.5) is 4.39 Å². The number of rotatable bonds is 4. The Hall–Kier alpha value is -1.22. The lowest BCUT2D eigenvalue weighted by molar-refractivity contribution is 0.370. The molecule has 2 heterocycles. The van der Waals surface area contributed by atoms with Gasteiger partial charge in [-0.2, -0.15) is 4.98 Å². The minimum absolute atomic E-state index is 0.268. The van der Waals surface area contributed by atoms with Crippen molar-refractivity contribution in [1.82, 2.24) is 19.7 Å². The molecule has 1 unspecified atom stereocenters. The average molecular weight is 421 g/mol. The quantitative estimate of drug-likeness (QED) is 0.477. The van der Waals surface area contributed by atoms with Crippen LogP contribution >= 0.6 is 34.2 Å². The molecule has 0 aliphatic carbocycles. The molecule has 3 aromatic rings. The molecule has 8 heteroatoms. The zero-order valence-electron chi connectivity index (χ0n) is 11.1. The Morgan fingerprint density at radius 3 is 2.95 bits per heavy atom. The van der Waals surface area contributed by atoms with Crippen LogP contribution in [-0.2, 0) is 13.0 Å². The van der Waals surface area contributed by atoms with E-state index >= 15 is 0 Å². The standard InChI is InChI=1S/C13H11ClFIN4O/c1-7(14)13-19-10-5-9(16)8(15)4-11(10)20(13)3-2-12-17-6-18-21-12/h4-7H,2-3H2,1H3. The summed E-state index contributed by atoms with van der Waals surface area (Å²) in [5, 5.41) is 3.29. The van der Waals surface area contributed by atoms with Gasteiger partial charge in [-0.05, 0) is 35.6 Å². The van der Waals surface area contributed by atoms with E-state index in [0.717, 1.165) is 11.0 Å². The first-order valence-electron chi connectivity index (χ1n) is 6.31. The highest BCUT2D eigenvalue weighted by Crippen LogP contribution is 2.27. The summed E-state index contributed by atoms with van der Waals surface area (Å²) in [5.74, 6) is 0.958. The van der Waals surface area contributed by atoms with Gasteiger partial charge < -0.3 is 9.09 Å². The van der Waals surface area contributed by atoms with Crippen LogP contribution in [-0.4, -0.2) is 19.7 Å². The minimum Gasteiger partial charge on any atom is -0.340 e. The number of aryl methyl sites for hydroxylation is 2. The number of alkyl halides is 1. The van der Waals surface area contributed by atoms with Crippen molar-refractivity contribution < 1.29 is 8.91 Å². The highest BCUT2D eigenvalue weighted by molar-refractivity contribution is 14.1. The second-order valence-electron chi connectivity index (χ2n) is 4.58. The van der Waals surface area contributed by atoms with Crippen molar-refractivity contribution >= 4 is 45.2 Å². The topological polar surface area (TPSA) is 56.7 Å². The average Bonchev–Trinajstić information content (AvgIpc) is 3.05. The lowest BCUT2D eigenvalue weighted by Gasteiger charge is -2.09. The summed E-state index contributed by atoms with van der Waals surface area (Å²) in [6.07, 6.45) is 1.89. The molecule has 1 aromatic carbocycles. The Labute approximate surface area is 138 Å². The maximum absolute atomic E-state index is 13.8. The molecule has 1 atom stereocenters. The van der Waals surface area contributed by atoms with Crippen LogP contribution in [0.25, 0.3) is 11.0 Å². The SMILES string of the molecule is CC(Cl)c1nc2cc(I)c(F)cc2n1CCc1ncno1. The van der Waals surface area contributed by atoms with Crippen LogP contribution in [0.5, 0.6) is 0 Å². The van der Waals surface area contributed by atoms with E-state index in [4.69, 9.17) is 16.1 Å². The molecule has 0 aliphatic rings. The van der Waals surface area contributed by atoms with Crippen molar-refractivity contribution in [1.29, 1.82) is 0 Å². The molecule has 0 fully saturated rings. The number of benzene rings is 1. The first-order chi connectivity index (χ1) is 10.1. The van der Waals surface area contributed by atoms with Crippen LogP contribution < -0.4 is 0 Å². The largest absolute Gasteiger partial charge is 0.340 e. The van der Waals surface area contributed by atoms with Gasteiger partial charge in [0.05, 0.1) is 20.0 Å². The highest BCUT2D eigenvalue weighted by atomic mass is 127. The summed E-state index contributed by atoms with van der Waals surface area (Å²) in [5.41, 5.74) is 1.45. The third-order valence-electron chi connectivity index (χ3n) is 3.13. The van der Waals surface area contributed by atoms with E-state index in [1.165, 1.54) is 12.4 Å². The molecule has 21 heavy (non-hydrogen) atoms. The number of fused-ring (bicyclic) bond motifs is 1. The molecule has 2 aromatic heterocycles. The summed E-state index contributed by atoms with van der Waals surface area (Å²) in [6, 6.07) is 3.21. The Bertz CT molecular complexity index is 772. The van der Waals surface area contributed by atoms with E-state index in [-0.39, 0.29) is 11.2 Å². The molecule has 0 spiro atoms. The van der Waals surface area contributed by atoms with Gasteiger partial charge in [-0.1, -0.05) is 5.16 Å². The molecule has 0 bridgehead atoms. The number of hydrogen-bond donors (Lipinski definition) is 0. The fourth-order valence-corrected chi connectivity index (χ4v) is 2.81. The van der Waals surface area contributed by atoms with Crippen LogP contribution in [0.1, 0.15) is 24.0 Å². The molecule has 0 saturated carbocycles. The number of nitrogens with zero attached hydrogens (tertiary/aromatic N) is 4. The number of hydrogen-bond acceptors (Lipinski definition) is 4. The van der Waals surface area contributed by atoms with Gasteiger partial charge >= 0.3 is 0 Å². The summed E-state index contributed by atoms with van der Waals surface area (Å²) in [7, 11) is 0. The predicted molar refractivity (Wildman–Crippen MR) is 84.7 cm³/mol. The third kappa shape index (κ3) is 2.89. The molecule has 110 valence electrons. The summed E-state index contributed by atoms with van der Waals surface area (Å²) in [4.78, 5) is 8.49. The molecule has 3 rings (SSSR count). The molecular weight excluding hydrogens is 410 g/mol. The summed E-state index contributed by atoms with van der Waals surface area (Å²) >= 11 is 8.14. The second-order valence-corrected chi connectivity index (χ2v) is 6.39. The predicted octanol–water partition coefficient (Wildman–Crippen LogP) is 3.71. The van der Waals surface area contributed by atoms with Gasteiger partial charge in [-0.15, -0.1) is 11.6 Å². The first-order valence-corrected chi connectivity index (χ1v) is 7.82. The van der Waals surface area contributed by atoms with Crippen LogP contribution in [0.3, 0.4) is 0 Å². The van der Waals surface area contributed by atoms with Crippen LogP contribution in [0.2, 0.25) is 0 Å². The lowest BCUT2D eigenvalue weighted by Crippen LogP contribution is -2.07. The molecule has 0 amide bonds.